The molecule has 0 amide bonds. The molecule has 4 heteroatoms. The van der Waals surface area contributed by atoms with Crippen LogP contribution in [0.4, 0.5) is 0 Å². The van der Waals surface area contributed by atoms with Crippen molar-refractivity contribution in [3.8, 4) is 11.3 Å². The van der Waals surface area contributed by atoms with Gasteiger partial charge in [0.25, 0.3) is 0 Å². The first kappa shape index (κ1) is 21.1. The van der Waals surface area contributed by atoms with Crippen molar-refractivity contribution >= 4 is 11.7 Å². The van der Waals surface area contributed by atoms with Crippen molar-refractivity contribution < 1.29 is 9.59 Å². The summed E-state index contributed by atoms with van der Waals surface area (Å²) in [5, 5.41) is 0. The van der Waals surface area contributed by atoms with E-state index in [1.54, 1.807) is 4.57 Å². The summed E-state index contributed by atoms with van der Waals surface area (Å²) >= 11 is 0. The second-order valence-electron chi connectivity index (χ2n) is 8.46. The molecular formula is C29H26N2O2. The van der Waals surface area contributed by atoms with Gasteiger partial charge >= 0.3 is 0 Å². The summed E-state index contributed by atoms with van der Waals surface area (Å²) in [4.78, 5) is 29.2. The number of rotatable bonds is 6. The molecule has 1 saturated heterocycles. The quantitative estimate of drug-likeness (QED) is 0.366. The van der Waals surface area contributed by atoms with Crippen LogP contribution >= 0.6 is 0 Å². The fourth-order valence-corrected chi connectivity index (χ4v) is 4.72. The van der Waals surface area contributed by atoms with E-state index in [1.807, 2.05) is 91.1 Å². The molecule has 1 aliphatic rings. The van der Waals surface area contributed by atoms with E-state index < -0.39 is 0 Å². The van der Waals surface area contributed by atoms with Gasteiger partial charge in [-0.15, -0.1) is 0 Å². The van der Waals surface area contributed by atoms with Gasteiger partial charge in [0.15, 0.2) is 5.78 Å². The minimum absolute atomic E-state index is 0.0435. The molecule has 4 aromatic rings. The van der Waals surface area contributed by atoms with Crippen LogP contribution in [-0.2, 0) is 6.54 Å². The van der Waals surface area contributed by atoms with E-state index in [4.69, 9.17) is 0 Å². The van der Waals surface area contributed by atoms with Crippen molar-refractivity contribution in [2.45, 2.75) is 25.4 Å². The zero-order valence-electron chi connectivity index (χ0n) is 18.4. The third-order valence-electron chi connectivity index (χ3n) is 6.35. The van der Waals surface area contributed by atoms with Crippen LogP contribution in [0.25, 0.3) is 11.3 Å². The number of likely N-dealkylation sites (tertiary alicyclic amines) is 1. The Balaban J connectivity index is 1.46. The molecular weight excluding hydrogens is 408 g/mol. The number of ketones is 1. The average molecular weight is 435 g/mol. The number of hydrogen-bond donors (Lipinski definition) is 0. The first-order chi connectivity index (χ1) is 16.2. The lowest BCUT2D eigenvalue weighted by atomic mass is 9.96. The van der Waals surface area contributed by atoms with Gasteiger partial charge in [0.1, 0.15) is 0 Å². The predicted molar refractivity (Wildman–Crippen MR) is 130 cm³/mol. The molecule has 3 aromatic carbocycles. The van der Waals surface area contributed by atoms with Gasteiger partial charge in [-0.25, -0.2) is 0 Å². The molecule has 1 atom stereocenters. The predicted octanol–water partition coefficient (Wildman–Crippen LogP) is 5.69. The first-order valence-corrected chi connectivity index (χ1v) is 11.4. The zero-order chi connectivity index (χ0) is 22.6. The highest BCUT2D eigenvalue weighted by Crippen LogP contribution is 2.29. The van der Waals surface area contributed by atoms with Crippen molar-refractivity contribution in [1.29, 1.82) is 0 Å². The number of carbonyl (C=O) groups is 2. The number of carbonyl (C=O) groups excluding carboxylic acids is 2. The van der Waals surface area contributed by atoms with E-state index in [0.717, 1.165) is 37.2 Å². The molecule has 1 aromatic heterocycles. The fraction of sp³-hybridized carbons (Fsp3) is 0.172. The van der Waals surface area contributed by atoms with Crippen molar-refractivity contribution in [3.63, 3.8) is 0 Å². The third-order valence-corrected chi connectivity index (χ3v) is 6.35. The first-order valence-electron chi connectivity index (χ1n) is 11.4. The monoisotopic (exact) mass is 434 g/mol. The van der Waals surface area contributed by atoms with Crippen LogP contribution in [0.15, 0.2) is 103 Å². The summed E-state index contributed by atoms with van der Waals surface area (Å²) in [6.45, 7) is 1.67. The highest BCUT2D eigenvalue weighted by molar-refractivity contribution is 6.13. The van der Waals surface area contributed by atoms with E-state index in [9.17, 15) is 9.59 Å². The van der Waals surface area contributed by atoms with Crippen molar-refractivity contribution in [2.24, 2.45) is 0 Å². The number of aromatic nitrogens is 1. The number of benzene rings is 3. The molecule has 0 bridgehead atoms. The number of hydrogen-bond acceptors (Lipinski definition) is 3. The van der Waals surface area contributed by atoms with E-state index in [1.165, 1.54) is 5.56 Å². The molecule has 0 aliphatic carbocycles. The van der Waals surface area contributed by atoms with Gasteiger partial charge in [0.05, 0.1) is 11.7 Å². The molecule has 0 radical (unpaired) electrons. The van der Waals surface area contributed by atoms with Gasteiger partial charge < -0.3 is 0 Å². The molecule has 1 fully saturated rings. The third kappa shape index (κ3) is 4.30. The van der Waals surface area contributed by atoms with Crippen LogP contribution in [0.1, 0.15) is 39.1 Å². The summed E-state index contributed by atoms with van der Waals surface area (Å²) in [5.41, 5.74) is 3.98. The standard InChI is InChI=1S/C29H26N2O2/c32-28(23-13-5-2-6-14-23)25-16-8-7-15-24(25)26-17-10-20-31(26)29(33)27-18-9-19-30(27)21-22-11-3-1-4-12-22/h1-8,10-17,20,27H,9,18-19,21H2/t27-/m1/s1. The average Bonchev–Trinajstić information content (AvgIpc) is 3.54. The second kappa shape index (κ2) is 9.39. The Kier molecular flexibility index (Phi) is 6.01. The Morgan fingerprint density at radius 2 is 1.48 bits per heavy atom. The van der Waals surface area contributed by atoms with Crippen LogP contribution in [0, 0.1) is 0 Å². The summed E-state index contributed by atoms with van der Waals surface area (Å²) in [7, 11) is 0. The van der Waals surface area contributed by atoms with Crippen LogP contribution < -0.4 is 0 Å². The van der Waals surface area contributed by atoms with Gasteiger partial charge in [-0.05, 0) is 37.1 Å². The van der Waals surface area contributed by atoms with Crippen molar-refractivity contribution in [1.82, 2.24) is 9.47 Å². The minimum Gasteiger partial charge on any atom is -0.289 e. The lowest BCUT2D eigenvalue weighted by molar-refractivity contribution is 0.0776. The van der Waals surface area contributed by atoms with Gasteiger partial charge in [-0.3, -0.25) is 19.1 Å². The smallest absolute Gasteiger partial charge is 0.248 e. The topological polar surface area (TPSA) is 42.3 Å². The molecule has 1 aliphatic heterocycles. The van der Waals surface area contributed by atoms with Gasteiger partial charge in [0.2, 0.25) is 5.91 Å². The van der Waals surface area contributed by atoms with Crippen molar-refractivity contribution in [2.75, 3.05) is 6.54 Å². The van der Waals surface area contributed by atoms with Crippen molar-refractivity contribution in [3.05, 3.63) is 120 Å². The summed E-state index contributed by atoms with van der Waals surface area (Å²) in [6, 6.07) is 30.7. The highest BCUT2D eigenvalue weighted by atomic mass is 16.2. The molecule has 5 rings (SSSR count). The summed E-state index contributed by atoms with van der Waals surface area (Å²) < 4.78 is 1.73. The van der Waals surface area contributed by atoms with Crippen LogP contribution in [0.5, 0.6) is 0 Å². The molecule has 0 unspecified atom stereocenters. The molecule has 164 valence electrons. The van der Waals surface area contributed by atoms with Gasteiger partial charge in [-0.1, -0.05) is 84.9 Å². The molecule has 4 nitrogen and oxygen atoms in total. The van der Waals surface area contributed by atoms with Gasteiger partial charge in [-0.2, -0.15) is 0 Å². The van der Waals surface area contributed by atoms with E-state index in [2.05, 4.69) is 17.0 Å². The molecule has 2 heterocycles. The Morgan fingerprint density at radius 1 is 0.788 bits per heavy atom. The number of nitrogens with zero attached hydrogens (tertiary/aromatic N) is 2. The lowest BCUT2D eigenvalue weighted by Gasteiger charge is -2.24. The highest BCUT2D eigenvalue weighted by Gasteiger charge is 2.32. The SMILES string of the molecule is O=C(c1ccccc1)c1ccccc1-c1cccn1C(=O)[C@H]1CCCN1Cc1ccccc1. The van der Waals surface area contributed by atoms with E-state index in [-0.39, 0.29) is 17.7 Å². The maximum atomic E-state index is 13.7. The molecule has 0 spiro atoms. The van der Waals surface area contributed by atoms with Gasteiger partial charge in [0, 0.05) is 29.4 Å². The Hall–Kier alpha value is -3.76. The minimum atomic E-state index is -0.173. The largest absolute Gasteiger partial charge is 0.289 e. The molecule has 0 saturated carbocycles. The Bertz CT molecular complexity index is 1260. The molecule has 33 heavy (non-hydrogen) atoms. The molecule has 0 N–H and O–H groups in total. The van der Waals surface area contributed by atoms with E-state index in [0.29, 0.717) is 11.1 Å². The summed E-state index contributed by atoms with van der Waals surface area (Å²) in [5.74, 6) is 0.0170. The van der Waals surface area contributed by atoms with E-state index >= 15 is 0 Å². The summed E-state index contributed by atoms with van der Waals surface area (Å²) in [6.07, 6.45) is 3.66. The zero-order valence-corrected chi connectivity index (χ0v) is 18.4. The fourth-order valence-electron chi connectivity index (χ4n) is 4.72. The maximum absolute atomic E-state index is 13.7. The maximum Gasteiger partial charge on any atom is 0.248 e. The lowest BCUT2D eigenvalue weighted by Crippen LogP contribution is -2.38. The Morgan fingerprint density at radius 3 is 2.27 bits per heavy atom. The normalized spacial score (nSPS) is 16.1. The Labute approximate surface area is 194 Å². The van der Waals surface area contributed by atoms with Crippen LogP contribution in [0.3, 0.4) is 0 Å². The second-order valence-corrected chi connectivity index (χ2v) is 8.46. The van der Waals surface area contributed by atoms with Crippen LogP contribution in [-0.4, -0.2) is 33.7 Å². The van der Waals surface area contributed by atoms with Crippen LogP contribution in [0.2, 0.25) is 0 Å².